The molecule has 0 bridgehead atoms. The Morgan fingerprint density at radius 2 is 1.58 bits per heavy atom. The molecular formula is C30H48O3. The average molecular weight is 457 g/mol. The largest absolute Gasteiger partial charge is 0.395 e. The van der Waals surface area contributed by atoms with Gasteiger partial charge in [0.25, 0.3) is 0 Å². The van der Waals surface area contributed by atoms with Crippen LogP contribution in [-0.2, 0) is 0 Å². The third-order valence-electron chi connectivity index (χ3n) is 12.5. The van der Waals surface area contributed by atoms with Crippen LogP contribution in [0.2, 0.25) is 0 Å². The molecule has 0 aromatic carbocycles. The van der Waals surface area contributed by atoms with Gasteiger partial charge in [0.1, 0.15) is 0 Å². The van der Waals surface area contributed by atoms with E-state index >= 15 is 0 Å². The van der Waals surface area contributed by atoms with Crippen LogP contribution in [0.15, 0.2) is 23.3 Å². The zero-order valence-electron chi connectivity index (χ0n) is 22.2. The molecule has 3 heteroatoms. The highest BCUT2D eigenvalue weighted by Crippen LogP contribution is 2.74. The summed E-state index contributed by atoms with van der Waals surface area (Å²) >= 11 is 0. The monoisotopic (exact) mass is 456 g/mol. The zero-order chi connectivity index (χ0) is 24.2. The van der Waals surface area contributed by atoms with Crippen molar-refractivity contribution in [1.82, 2.24) is 0 Å². The Balaban J connectivity index is 1.68. The van der Waals surface area contributed by atoms with Crippen LogP contribution in [0, 0.1) is 44.3 Å². The van der Waals surface area contributed by atoms with Gasteiger partial charge >= 0.3 is 0 Å². The van der Waals surface area contributed by atoms with Crippen molar-refractivity contribution in [2.45, 2.75) is 112 Å². The highest BCUT2D eigenvalue weighted by atomic mass is 16.3. The summed E-state index contributed by atoms with van der Waals surface area (Å²) in [5.41, 5.74) is 2.60. The minimum Gasteiger partial charge on any atom is -0.395 e. The van der Waals surface area contributed by atoms with Gasteiger partial charge in [0.05, 0.1) is 18.8 Å². The Morgan fingerprint density at radius 3 is 2.24 bits per heavy atom. The van der Waals surface area contributed by atoms with E-state index in [0.29, 0.717) is 11.8 Å². The summed E-state index contributed by atoms with van der Waals surface area (Å²) in [6.45, 7) is 16.8. The fraction of sp³-hybridized carbons (Fsp3) is 0.867. The lowest BCUT2D eigenvalue weighted by Gasteiger charge is -2.70. The molecule has 0 aliphatic heterocycles. The van der Waals surface area contributed by atoms with Gasteiger partial charge in [-0.3, -0.25) is 0 Å². The fourth-order valence-electron chi connectivity index (χ4n) is 10.0. The lowest BCUT2D eigenvalue weighted by atomic mass is 9.35. The Bertz CT molecular complexity index is 898. The second-order valence-electron chi connectivity index (χ2n) is 14.8. The first-order valence-electron chi connectivity index (χ1n) is 13.6. The number of hydrogen-bond acceptors (Lipinski definition) is 3. The highest BCUT2D eigenvalue weighted by molar-refractivity contribution is 5.47. The molecule has 0 heterocycles. The normalized spacial score (nSPS) is 52.4. The van der Waals surface area contributed by atoms with Gasteiger partial charge in [0.15, 0.2) is 0 Å². The topological polar surface area (TPSA) is 60.7 Å². The smallest absolute Gasteiger partial charge is 0.0664 e. The van der Waals surface area contributed by atoms with E-state index in [1.807, 2.05) is 0 Å². The molecule has 0 aromatic rings. The Morgan fingerprint density at radius 1 is 0.879 bits per heavy atom. The van der Waals surface area contributed by atoms with Crippen molar-refractivity contribution in [3.63, 3.8) is 0 Å². The van der Waals surface area contributed by atoms with Crippen molar-refractivity contribution >= 4 is 0 Å². The van der Waals surface area contributed by atoms with E-state index in [1.165, 1.54) is 11.1 Å². The van der Waals surface area contributed by atoms with E-state index in [4.69, 9.17) is 0 Å². The molecule has 8 atom stereocenters. The van der Waals surface area contributed by atoms with Crippen LogP contribution < -0.4 is 0 Å². The van der Waals surface area contributed by atoms with Crippen LogP contribution in [0.4, 0.5) is 0 Å². The summed E-state index contributed by atoms with van der Waals surface area (Å²) in [5, 5.41) is 33.2. The third-order valence-corrected chi connectivity index (χ3v) is 12.5. The van der Waals surface area contributed by atoms with Crippen molar-refractivity contribution in [2.24, 2.45) is 44.3 Å². The molecule has 33 heavy (non-hydrogen) atoms. The lowest BCUT2D eigenvalue weighted by molar-refractivity contribution is -0.189. The number of hydrogen-bond donors (Lipinski definition) is 3. The summed E-state index contributed by atoms with van der Waals surface area (Å²) in [6, 6.07) is 0. The summed E-state index contributed by atoms with van der Waals surface area (Å²) in [7, 11) is 0. The Kier molecular flexibility index (Phi) is 5.09. The third kappa shape index (κ3) is 2.85. The summed E-state index contributed by atoms with van der Waals surface area (Å²) < 4.78 is 0. The molecule has 5 aliphatic carbocycles. The predicted molar refractivity (Wildman–Crippen MR) is 133 cm³/mol. The second kappa shape index (κ2) is 6.98. The molecule has 186 valence electrons. The predicted octanol–water partition coefficient (Wildman–Crippen LogP) is 6.03. The van der Waals surface area contributed by atoms with E-state index in [1.54, 1.807) is 0 Å². The van der Waals surface area contributed by atoms with Gasteiger partial charge in [-0.15, -0.1) is 0 Å². The number of allylic oxidation sites excluding steroid dienone is 3. The second-order valence-corrected chi connectivity index (χ2v) is 14.8. The van der Waals surface area contributed by atoms with Gasteiger partial charge in [-0.05, 0) is 90.4 Å². The zero-order valence-corrected chi connectivity index (χ0v) is 22.2. The van der Waals surface area contributed by atoms with E-state index in [-0.39, 0.29) is 39.8 Å². The first-order chi connectivity index (χ1) is 15.2. The molecule has 3 nitrogen and oxygen atoms in total. The maximum Gasteiger partial charge on any atom is 0.0664 e. The summed E-state index contributed by atoms with van der Waals surface area (Å²) in [4.78, 5) is 0. The van der Waals surface area contributed by atoms with Crippen LogP contribution >= 0.6 is 0 Å². The minimum atomic E-state index is -0.485. The molecule has 3 saturated carbocycles. The Labute approximate surface area is 201 Å². The Hall–Kier alpha value is -0.640. The number of aliphatic hydroxyl groups excluding tert-OH is 3. The van der Waals surface area contributed by atoms with Gasteiger partial charge in [-0.2, -0.15) is 0 Å². The molecule has 0 spiro atoms. The lowest BCUT2D eigenvalue weighted by Crippen LogP contribution is -2.64. The first-order valence-corrected chi connectivity index (χ1v) is 13.6. The summed E-state index contributed by atoms with van der Waals surface area (Å²) in [6.07, 6.45) is 12.2. The van der Waals surface area contributed by atoms with E-state index < -0.39 is 11.5 Å². The number of rotatable bonds is 1. The number of aliphatic hydroxyl groups is 3. The van der Waals surface area contributed by atoms with E-state index in [0.717, 1.165) is 51.4 Å². The van der Waals surface area contributed by atoms with E-state index in [9.17, 15) is 15.3 Å². The maximum absolute atomic E-state index is 11.7. The number of fused-ring (bicyclic) bond motifs is 6. The molecule has 3 N–H and O–H groups in total. The molecule has 0 unspecified atom stereocenters. The molecule has 0 aromatic heterocycles. The fourth-order valence-corrected chi connectivity index (χ4v) is 10.0. The SMILES string of the molecule is CC1(C)CC[C@@]2(CO)C(=C3C=C[C@@H]4[C@@]5(C)CC[C@H](O)C(C)(C)[C@@H]5CC[C@@]4(C)[C@]3(C)C[C@H]2O)C1. The van der Waals surface area contributed by atoms with Crippen molar-refractivity contribution < 1.29 is 15.3 Å². The van der Waals surface area contributed by atoms with Gasteiger partial charge < -0.3 is 15.3 Å². The molecular weight excluding hydrogens is 408 g/mol. The summed E-state index contributed by atoms with van der Waals surface area (Å²) in [5.74, 6) is 0.947. The first kappa shape index (κ1) is 24.1. The van der Waals surface area contributed by atoms with Gasteiger partial charge in [-0.1, -0.05) is 66.2 Å². The van der Waals surface area contributed by atoms with Crippen molar-refractivity contribution in [2.75, 3.05) is 6.61 Å². The van der Waals surface area contributed by atoms with Crippen LogP contribution in [0.25, 0.3) is 0 Å². The molecule has 0 radical (unpaired) electrons. The molecule has 0 amide bonds. The van der Waals surface area contributed by atoms with Crippen LogP contribution in [0.1, 0.15) is 99.8 Å². The molecule has 5 aliphatic rings. The highest BCUT2D eigenvalue weighted by Gasteiger charge is 2.67. The van der Waals surface area contributed by atoms with Crippen LogP contribution in [-0.4, -0.2) is 34.1 Å². The van der Waals surface area contributed by atoms with Crippen LogP contribution in [0.3, 0.4) is 0 Å². The minimum absolute atomic E-state index is 0.0546. The van der Waals surface area contributed by atoms with Gasteiger partial charge in [0, 0.05) is 10.8 Å². The quantitative estimate of drug-likeness (QED) is 0.451. The van der Waals surface area contributed by atoms with Crippen molar-refractivity contribution in [1.29, 1.82) is 0 Å². The standard InChI is InChI=1S/C30H48O3/c1-25(2)14-15-30(18-31)20(16-25)19-8-9-22-27(5)12-11-23(32)26(3,4)21(27)10-13-28(22,6)29(19,7)17-24(30)33/h8-9,21-24,31-33H,10-18H2,1-7H3/t21-,22+,23-,24+,27-,28+,29+,30+/m0/s1. The van der Waals surface area contributed by atoms with Gasteiger partial charge in [0.2, 0.25) is 0 Å². The maximum atomic E-state index is 11.7. The average Bonchev–Trinajstić information content (AvgIpc) is 2.71. The van der Waals surface area contributed by atoms with E-state index in [2.05, 4.69) is 60.6 Å². The molecule has 5 rings (SSSR count). The molecule has 0 saturated heterocycles. The van der Waals surface area contributed by atoms with Crippen molar-refractivity contribution in [3.8, 4) is 0 Å². The van der Waals surface area contributed by atoms with Gasteiger partial charge in [-0.25, -0.2) is 0 Å². The molecule has 3 fully saturated rings. The van der Waals surface area contributed by atoms with Crippen molar-refractivity contribution in [3.05, 3.63) is 23.3 Å². The van der Waals surface area contributed by atoms with Crippen LogP contribution in [0.5, 0.6) is 0 Å².